The number of aromatic nitrogens is 1. The number of amides is 1. The smallest absolute Gasteiger partial charge is 0.267 e. The van der Waals surface area contributed by atoms with Gasteiger partial charge in [0.2, 0.25) is 0 Å². The van der Waals surface area contributed by atoms with Crippen LogP contribution in [0.5, 0.6) is 0 Å². The van der Waals surface area contributed by atoms with Gasteiger partial charge in [0.15, 0.2) is 0 Å². The van der Waals surface area contributed by atoms with Crippen LogP contribution < -0.4 is 5.32 Å². The topological polar surface area (TPSA) is 34.0 Å². The highest BCUT2D eigenvalue weighted by Crippen LogP contribution is 2.51. The zero-order chi connectivity index (χ0) is 13.6. The number of nitrogens with zero attached hydrogens (tertiary/aromatic N) is 1. The zero-order valence-electron chi connectivity index (χ0n) is 11.6. The van der Waals surface area contributed by atoms with Gasteiger partial charge in [0, 0.05) is 23.3 Å². The number of hydrogen-bond donors (Lipinski definition) is 1. The molecule has 3 nitrogen and oxygen atoms in total. The molecule has 2 fully saturated rings. The van der Waals surface area contributed by atoms with Crippen LogP contribution in [0.3, 0.4) is 0 Å². The molecule has 0 saturated heterocycles. The number of halogens is 1. The summed E-state index contributed by atoms with van der Waals surface area (Å²) in [6, 6.07) is 2.47. The summed E-state index contributed by atoms with van der Waals surface area (Å²) in [6.45, 7) is 5.32. The Hall–Kier alpha value is -0.770. The van der Waals surface area contributed by atoms with E-state index in [9.17, 15) is 4.79 Å². The predicted molar refractivity (Wildman–Crippen MR) is 79.2 cm³/mol. The van der Waals surface area contributed by atoms with Crippen molar-refractivity contribution in [2.75, 3.05) is 6.54 Å². The molecule has 0 aromatic carbocycles. The molecule has 1 aromatic heterocycles. The van der Waals surface area contributed by atoms with Crippen LogP contribution in [0.2, 0.25) is 0 Å². The van der Waals surface area contributed by atoms with Gasteiger partial charge in [0.05, 0.1) is 0 Å². The predicted octanol–water partition coefficient (Wildman–Crippen LogP) is 3.75. The van der Waals surface area contributed by atoms with E-state index >= 15 is 0 Å². The average Bonchev–Trinajstić information content (AvgIpc) is 3.25. The van der Waals surface area contributed by atoms with Crippen LogP contribution in [-0.4, -0.2) is 17.0 Å². The first kappa shape index (κ1) is 13.2. The minimum atomic E-state index is 0.0736. The maximum absolute atomic E-state index is 12.4. The Bertz CT molecular complexity index is 498. The first-order chi connectivity index (χ1) is 9.02. The highest BCUT2D eigenvalue weighted by atomic mass is 79.9. The molecule has 0 radical (unpaired) electrons. The molecule has 1 aromatic rings. The maximum Gasteiger partial charge on any atom is 0.267 e. The third-order valence-electron chi connectivity index (χ3n) is 4.71. The third-order valence-corrected chi connectivity index (χ3v) is 5.14. The molecule has 0 spiro atoms. The van der Waals surface area contributed by atoms with E-state index in [0.717, 1.165) is 16.7 Å². The minimum Gasteiger partial charge on any atom is -0.350 e. The highest BCUT2D eigenvalue weighted by Gasteiger charge is 2.45. The SMILES string of the molecule is CC(C)C1(CNC(=O)c2cc(Br)cn2C2CC2)CC1. The lowest BCUT2D eigenvalue weighted by molar-refractivity contribution is 0.0930. The van der Waals surface area contributed by atoms with Crippen molar-refractivity contribution < 1.29 is 4.79 Å². The Morgan fingerprint density at radius 3 is 2.74 bits per heavy atom. The number of hydrogen-bond acceptors (Lipinski definition) is 1. The molecule has 1 N–H and O–H groups in total. The Kier molecular flexibility index (Phi) is 3.24. The summed E-state index contributed by atoms with van der Waals surface area (Å²) in [5.74, 6) is 0.722. The van der Waals surface area contributed by atoms with E-state index in [0.29, 0.717) is 17.4 Å². The molecular weight excluding hydrogens is 304 g/mol. The maximum atomic E-state index is 12.4. The van der Waals surface area contributed by atoms with Crippen molar-refractivity contribution in [1.82, 2.24) is 9.88 Å². The van der Waals surface area contributed by atoms with Crippen molar-refractivity contribution in [2.45, 2.75) is 45.6 Å². The second kappa shape index (κ2) is 4.65. The Balaban J connectivity index is 1.67. The average molecular weight is 325 g/mol. The van der Waals surface area contributed by atoms with E-state index in [1.165, 1.54) is 25.7 Å². The molecule has 104 valence electrons. The van der Waals surface area contributed by atoms with Crippen LogP contribution in [0.1, 0.15) is 56.1 Å². The number of carbonyl (C=O) groups excluding carboxylic acids is 1. The largest absolute Gasteiger partial charge is 0.350 e. The summed E-state index contributed by atoms with van der Waals surface area (Å²) in [5, 5.41) is 3.14. The number of carbonyl (C=O) groups is 1. The normalized spacial score (nSPS) is 20.6. The lowest BCUT2D eigenvalue weighted by atomic mass is 9.92. The van der Waals surface area contributed by atoms with E-state index in [2.05, 4.69) is 39.7 Å². The molecule has 0 unspecified atom stereocenters. The molecule has 0 bridgehead atoms. The standard InChI is InChI=1S/C15H21BrN2O/c1-10(2)15(5-6-15)9-17-14(19)13-7-11(16)8-18(13)12-3-4-12/h7-8,10,12H,3-6,9H2,1-2H3,(H,17,19). The summed E-state index contributed by atoms with van der Waals surface area (Å²) in [6.07, 6.45) is 6.91. The van der Waals surface area contributed by atoms with Gasteiger partial charge in [-0.3, -0.25) is 4.79 Å². The van der Waals surface area contributed by atoms with Crippen LogP contribution in [-0.2, 0) is 0 Å². The van der Waals surface area contributed by atoms with Crippen LogP contribution in [0, 0.1) is 11.3 Å². The Labute approximate surface area is 122 Å². The van der Waals surface area contributed by atoms with E-state index < -0.39 is 0 Å². The van der Waals surface area contributed by atoms with E-state index in [1.807, 2.05) is 12.3 Å². The van der Waals surface area contributed by atoms with Gasteiger partial charge in [0.25, 0.3) is 5.91 Å². The molecule has 2 aliphatic carbocycles. The van der Waals surface area contributed by atoms with Crippen molar-refractivity contribution in [2.24, 2.45) is 11.3 Å². The minimum absolute atomic E-state index is 0.0736. The highest BCUT2D eigenvalue weighted by molar-refractivity contribution is 9.10. The fraction of sp³-hybridized carbons (Fsp3) is 0.667. The van der Waals surface area contributed by atoms with Crippen LogP contribution in [0.15, 0.2) is 16.7 Å². The lowest BCUT2D eigenvalue weighted by Crippen LogP contribution is -2.33. The second-order valence-corrected chi connectivity index (χ2v) is 7.30. The van der Waals surface area contributed by atoms with Gasteiger partial charge < -0.3 is 9.88 Å². The molecule has 0 atom stereocenters. The summed E-state index contributed by atoms with van der Waals surface area (Å²) in [5.41, 5.74) is 1.16. The van der Waals surface area contributed by atoms with Gasteiger partial charge in [-0.2, -0.15) is 0 Å². The van der Waals surface area contributed by atoms with Gasteiger partial charge >= 0.3 is 0 Å². The van der Waals surface area contributed by atoms with Crippen LogP contribution in [0.4, 0.5) is 0 Å². The van der Waals surface area contributed by atoms with Gasteiger partial charge in [0.1, 0.15) is 5.69 Å². The monoisotopic (exact) mass is 324 g/mol. The number of rotatable bonds is 5. The van der Waals surface area contributed by atoms with Crippen molar-refractivity contribution in [3.63, 3.8) is 0 Å². The molecule has 2 aliphatic rings. The first-order valence-corrected chi connectivity index (χ1v) is 7.97. The second-order valence-electron chi connectivity index (χ2n) is 6.38. The fourth-order valence-corrected chi connectivity index (χ4v) is 3.19. The van der Waals surface area contributed by atoms with Gasteiger partial charge in [-0.15, -0.1) is 0 Å². The summed E-state index contributed by atoms with van der Waals surface area (Å²) in [7, 11) is 0. The van der Waals surface area contributed by atoms with Gasteiger partial charge in [-0.1, -0.05) is 13.8 Å². The molecule has 0 aliphatic heterocycles. The molecule has 4 heteroatoms. The van der Waals surface area contributed by atoms with Crippen molar-refractivity contribution in [3.05, 3.63) is 22.4 Å². The van der Waals surface area contributed by atoms with Gasteiger partial charge in [-0.25, -0.2) is 0 Å². The van der Waals surface area contributed by atoms with Crippen LogP contribution in [0.25, 0.3) is 0 Å². The lowest BCUT2D eigenvalue weighted by Gasteiger charge is -2.20. The quantitative estimate of drug-likeness (QED) is 0.879. The molecule has 3 rings (SSSR count). The Morgan fingerprint density at radius 1 is 1.53 bits per heavy atom. The molecular formula is C15H21BrN2O. The zero-order valence-corrected chi connectivity index (χ0v) is 13.2. The molecule has 19 heavy (non-hydrogen) atoms. The van der Waals surface area contributed by atoms with E-state index in [-0.39, 0.29) is 5.91 Å². The molecule has 1 amide bonds. The summed E-state index contributed by atoms with van der Waals surface area (Å²) < 4.78 is 3.11. The first-order valence-electron chi connectivity index (χ1n) is 7.17. The third kappa shape index (κ3) is 2.60. The van der Waals surface area contributed by atoms with Crippen molar-refractivity contribution in [3.8, 4) is 0 Å². The van der Waals surface area contributed by atoms with Crippen LogP contribution >= 0.6 is 15.9 Å². The van der Waals surface area contributed by atoms with E-state index in [1.54, 1.807) is 0 Å². The van der Waals surface area contributed by atoms with Crippen molar-refractivity contribution in [1.29, 1.82) is 0 Å². The number of nitrogens with one attached hydrogen (secondary N) is 1. The summed E-state index contributed by atoms with van der Waals surface area (Å²) in [4.78, 5) is 12.4. The van der Waals surface area contributed by atoms with E-state index in [4.69, 9.17) is 0 Å². The Morgan fingerprint density at radius 2 is 2.21 bits per heavy atom. The fourth-order valence-electron chi connectivity index (χ4n) is 2.75. The van der Waals surface area contributed by atoms with Crippen molar-refractivity contribution >= 4 is 21.8 Å². The van der Waals surface area contributed by atoms with Gasteiger partial charge in [-0.05, 0) is 59.0 Å². The summed E-state index contributed by atoms with van der Waals surface area (Å²) >= 11 is 3.47. The molecule has 1 heterocycles. The molecule has 2 saturated carbocycles.